The quantitative estimate of drug-likeness (QED) is 0.900. The topological polar surface area (TPSA) is 21.3 Å². The summed E-state index contributed by atoms with van der Waals surface area (Å²) in [5.41, 5.74) is 0.0491. The maximum Gasteiger partial charge on any atom is 0.416 e. The van der Waals surface area contributed by atoms with E-state index in [1.807, 2.05) is 6.92 Å². The van der Waals surface area contributed by atoms with E-state index in [0.717, 1.165) is 12.5 Å². The van der Waals surface area contributed by atoms with E-state index < -0.39 is 11.7 Å². The number of alkyl halides is 3. The second-order valence-corrected chi connectivity index (χ2v) is 4.57. The van der Waals surface area contributed by atoms with Crippen molar-refractivity contribution in [3.63, 3.8) is 0 Å². The van der Waals surface area contributed by atoms with Gasteiger partial charge in [-0.3, -0.25) is 0 Å². The monoisotopic (exact) mass is 259 g/mol. The number of hydrogen-bond acceptors (Lipinski definition) is 2. The van der Waals surface area contributed by atoms with Gasteiger partial charge in [0.05, 0.1) is 12.2 Å². The van der Waals surface area contributed by atoms with Crippen molar-refractivity contribution in [2.24, 2.45) is 0 Å². The first-order chi connectivity index (χ1) is 8.47. The highest BCUT2D eigenvalue weighted by Crippen LogP contribution is 2.30. The third kappa shape index (κ3) is 3.23. The van der Waals surface area contributed by atoms with Gasteiger partial charge in [0.1, 0.15) is 0 Å². The molecule has 1 saturated heterocycles. The molecule has 2 rings (SSSR count). The lowest BCUT2D eigenvalue weighted by atomic mass is 10.0. The van der Waals surface area contributed by atoms with Crippen molar-refractivity contribution in [2.75, 3.05) is 13.2 Å². The zero-order valence-electron chi connectivity index (χ0n) is 10.1. The smallest absolute Gasteiger partial charge is 0.380 e. The van der Waals surface area contributed by atoms with Crippen LogP contribution in [0, 0.1) is 0 Å². The average molecular weight is 259 g/mol. The lowest BCUT2D eigenvalue weighted by Crippen LogP contribution is -2.31. The maximum atomic E-state index is 12.6. The molecule has 0 saturated carbocycles. The van der Waals surface area contributed by atoms with Gasteiger partial charge in [-0.25, -0.2) is 0 Å². The summed E-state index contributed by atoms with van der Waals surface area (Å²) in [5.74, 6) is 0. The molecule has 0 aromatic heterocycles. The van der Waals surface area contributed by atoms with Crippen LogP contribution in [0.1, 0.15) is 30.5 Å². The standard InChI is InChI=1S/C13H16F3NO/c1-9(17-12-5-6-18-8-12)10-3-2-4-11(7-10)13(14,15)16/h2-4,7,9,12,17H,5-6,8H2,1H3. The van der Waals surface area contributed by atoms with Crippen molar-refractivity contribution in [2.45, 2.75) is 31.6 Å². The van der Waals surface area contributed by atoms with Gasteiger partial charge >= 0.3 is 6.18 Å². The van der Waals surface area contributed by atoms with Gasteiger partial charge in [0.2, 0.25) is 0 Å². The number of halogens is 3. The van der Waals surface area contributed by atoms with Crippen molar-refractivity contribution in [3.05, 3.63) is 35.4 Å². The Labute approximate surface area is 104 Å². The Morgan fingerprint density at radius 3 is 2.78 bits per heavy atom. The predicted octanol–water partition coefficient (Wildman–Crippen LogP) is 3.14. The lowest BCUT2D eigenvalue weighted by molar-refractivity contribution is -0.137. The summed E-state index contributed by atoms with van der Waals surface area (Å²) < 4.78 is 43.0. The first-order valence-corrected chi connectivity index (χ1v) is 5.98. The van der Waals surface area contributed by atoms with Crippen molar-refractivity contribution >= 4 is 0 Å². The van der Waals surface area contributed by atoms with Gasteiger partial charge in [0.15, 0.2) is 0 Å². The summed E-state index contributed by atoms with van der Waals surface area (Å²) in [7, 11) is 0. The molecule has 1 aliphatic heterocycles. The molecule has 1 heterocycles. The van der Waals surface area contributed by atoms with Gasteiger partial charge in [0, 0.05) is 18.7 Å². The average Bonchev–Trinajstić information content (AvgIpc) is 2.81. The van der Waals surface area contributed by atoms with Crippen molar-refractivity contribution in [3.8, 4) is 0 Å². The molecule has 18 heavy (non-hydrogen) atoms. The fourth-order valence-corrected chi connectivity index (χ4v) is 2.10. The molecule has 100 valence electrons. The normalized spacial score (nSPS) is 22.1. The zero-order valence-corrected chi connectivity index (χ0v) is 10.1. The van der Waals surface area contributed by atoms with Crippen molar-refractivity contribution in [1.82, 2.24) is 5.32 Å². The summed E-state index contributed by atoms with van der Waals surface area (Å²) in [6.45, 7) is 3.21. The van der Waals surface area contributed by atoms with Crippen LogP contribution < -0.4 is 5.32 Å². The van der Waals surface area contributed by atoms with Crippen LogP contribution in [-0.2, 0) is 10.9 Å². The first kappa shape index (κ1) is 13.4. The number of nitrogens with one attached hydrogen (secondary N) is 1. The summed E-state index contributed by atoms with van der Waals surface area (Å²) in [4.78, 5) is 0. The first-order valence-electron chi connectivity index (χ1n) is 5.98. The van der Waals surface area contributed by atoms with E-state index in [9.17, 15) is 13.2 Å². The van der Waals surface area contributed by atoms with E-state index in [4.69, 9.17) is 4.74 Å². The molecule has 0 aliphatic carbocycles. The lowest BCUT2D eigenvalue weighted by Gasteiger charge is -2.19. The molecule has 0 spiro atoms. The van der Waals surface area contributed by atoms with Gasteiger partial charge in [-0.05, 0) is 31.0 Å². The molecule has 1 aromatic rings. The van der Waals surface area contributed by atoms with Crippen LogP contribution in [0.25, 0.3) is 0 Å². The number of rotatable bonds is 3. The van der Waals surface area contributed by atoms with Crippen LogP contribution in [-0.4, -0.2) is 19.3 Å². The highest BCUT2D eigenvalue weighted by Gasteiger charge is 2.30. The third-order valence-corrected chi connectivity index (χ3v) is 3.13. The van der Waals surface area contributed by atoms with Gasteiger partial charge in [-0.15, -0.1) is 0 Å². The van der Waals surface area contributed by atoms with Crippen molar-refractivity contribution in [1.29, 1.82) is 0 Å². The van der Waals surface area contributed by atoms with Gasteiger partial charge in [-0.1, -0.05) is 12.1 Å². The molecule has 0 amide bonds. The molecule has 2 atom stereocenters. The summed E-state index contributed by atoms with van der Waals surface area (Å²) >= 11 is 0. The predicted molar refractivity (Wildman–Crippen MR) is 62.2 cm³/mol. The van der Waals surface area contributed by atoms with Gasteiger partial charge in [0.25, 0.3) is 0 Å². The number of benzene rings is 1. The molecule has 1 N–H and O–H groups in total. The molecule has 1 aromatic carbocycles. The van der Waals surface area contributed by atoms with Crippen LogP contribution in [0.3, 0.4) is 0 Å². The molecule has 5 heteroatoms. The van der Waals surface area contributed by atoms with E-state index >= 15 is 0 Å². The zero-order chi connectivity index (χ0) is 13.2. The van der Waals surface area contributed by atoms with Crippen LogP contribution in [0.15, 0.2) is 24.3 Å². The fraction of sp³-hybridized carbons (Fsp3) is 0.538. The molecule has 1 fully saturated rings. The summed E-state index contributed by atoms with van der Waals surface area (Å²) in [5, 5.41) is 3.28. The van der Waals surface area contributed by atoms with E-state index in [2.05, 4.69) is 5.32 Å². The van der Waals surface area contributed by atoms with Crippen LogP contribution in [0.5, 0.6) is 0 Å². The van der Waals surface area contributed by atoms with Crippen LogP contribution in [0.2, 0.25) is 0 Å². The Morgan fingerprint density at radius 2 is 2.17 bits per heavy atom. The Kier molecular flexibility index (Phi) is 3.92. The molecule has 2 unspecified atom stereocenters. The Hall–Kier alpha value is -1.07. The second-order valence-electron chi connectivity index (χ2n) is 4.57. The van der Waals surface area contributed by atoms with E-state index in [0.29, 0.717) is 18.8 Å². The Morgan fingerprint density at radius 1 is 1.39 bits per heavy atom. The summed E-state index contributed by atoms with van der Waals surface area (Å²) in [6.07, 6.45) is -3.38. The number of ether oxygens (including phenoxy) is 1. The van der Waals surface area contributed by atoms with Crippen LogP contribution >= 0.6 is 0 Å². The summed E-state index contributed by atoms with van der Waals surface area (Å²) in [6, 6.07) is 5.57. The van der Waals surface area contributed by atoms with E-state index in [-0.39, 0.29) is 12.1 Å². The Balaban J connectivity index is 2.07. The van der Waals surface area contributed by atoms with Crippen molar-refractivity contribution < 1.29 is 17.9 Å². The SMILES string of the molecule is CC(NC1CCOC1)c1cccc(C(F)(F)F)c1. The molecular formula is C13H16F3NO. The minimum atomic E-state index is -4.29. The maximum absolute atomic E-state index is 12.6. The van der Waals surface area contributed by atoms with Gasteiger partial charge < -0.3 is 10.1 Å². The largest absolute Gasteiger partial charge is 0.416 e. The fourth-order valence-electron chi connectivity index (χ4n) is 2.10. The Bertz CT molecular complexity index is 399. The molecule has 1 aliphatic rings. The number of hydrogen-bond donors (Lipinski definition) is 1. The highest BCUT2D eigenvalue weighted by atomic mass is 19.4. The molecule has 2 nitrogen and oxygen atoms in total. The van der Waals surface area contributed by atoms with Crippen LogP contribution in [0.4, 0.5) is 13.2 Å². The van der Waals surface area contributed by atoms with E-state index in [1.54, 1.807) is 6.07 Å². The minimum absolute atomic E-state index is 0.112. The second kappa shape index (κ2) is 5.28. The molecular weight excluding hydrogens is 243 g/mol. The van der Waals surface area contributed by atoms with E-state index in [1.165, 1.54) is 12.1 Å². The third-order valence-electron chi connectivity index (χ3n) is 3.13. The minimum Gasteiger partial charge on any atom is -0.380 e. The highest BCUT2D eigenvalue weighted by molar-refractivity contribution is 5.27. The van der Waals surface area contributed by atoms with Gasteiger partial charge in [-0.2, -0.15) is 13.2 Å². The molecule has 0 radical (unpaired) electrons. The molecule has 0 bridgehead atoms.